The smallest absolute Gasteiger partial charge is 0.227 e. The highest BCUT2D eigenvalue weighted by atomic mass is 127. The lowest BCUT2D eigenvalue weighted by Gasteiger charge is -2.27. The second-order valence-corrected chi connectivity index (χ2v) is 8.34. The molecule has 0 aliphatic heterocycles. The number of amides is 1. The minimum atomic E-state index is 0.140. The van der Waals surface area contributed by atoms with Crippen molar-refractivity contribution < 1.29 is 9.53 Å². The molecule has 128 valence electrons. The number of unbranched alkanes of at least 4 members (excludes halogenated alkanes) is 1. The molecule has 0 saturated heterocycles. The predicted octanol–water partition coefficient (Wildman–Crippen LogP) is 5.62. The van der Waals surface area contributed by atoms with Gasteiger partial charge in [-0.15, -0.1) is 0 Å². The van der Waals surface area contributed by atoms with Crippen LogP contribution in [0.2, 0.25) is 0 Å². The molecule has 1 amide bonds. The van der Waals surface area contributed by atoms with Crippen LogP contribution in [-0.4, -0.2) is 19.1 Å². The molecule has 1 aliphatic rings. The van der Waals surface area contributed by atoms with Crippen LogP contribution in [0.15, 0.2) is 22.7 Å². The highest BCUT2D eigenvalue weighted by Crippen LogP contribution is 2.31. The van der Waals surface area contributed by atoms with Gasteiger partial charge in [0.15, 0.2) is 0 Å². The minimum Gasteiger partial charge on any atom is -0.381 e. The van der Waals surface area contributed by atoms with Crippen LogP contribution < -0.4 is 5.32 Å². The molecule has 5 heteroatoms. The molecule has 1 saturated carbocycles. The molecule has 3 nitrogen and oxygen atoms in total. The van der Waals surface area contributed by atoms with Crippen LogP contribution in [0.1, 0.15) is 45.4 Å². The lowest BCUT2D eigenvalue weighted by Crippen LogP contribution is -2.28. The van der Waals surface area contributed by atoms with Crippen LogP contribution in [-0.2, 0) is 9.53 Å². The highest BCUT2D eigenvalue weighted by Gasteiger charge is 2.26. The Balaban J connectivity index is 1.75. The maximum absolute atomic E-state index is 12.5. The lowest BCUT2D eigenvalue weighted by molar-refractivity contribution is -0.121. The van der Waals surface area contributed by atoms with Gasteiger partial charge in [0.05, 0.1) is 5.69 Å². The van der Waals surface area contributed by atoms with Crippen molar-refractivity contribution in [1.82, 2.24) is 0 Å². The van der Waals surface area contributed by atoms with Crippen LogP contribution in [0, 0.1) is 15.4 Å². The van der Waals surface area contributed by atoms with Gasteiger partial charge in [0.25, 0.3) is 0 Å². The Hall–Kier alpha value is -0.140. The average Bonchev–Trinajstić information content (AvgIpc) is 2.55. The van der Waals surface area contributed by atoms with Crippen LogP contribution >= 0.6 is 38.5 Å². The SMILES string of the molecule is CCCCOCC1CCC(C(=O)Nc2ccc(Br)cc2I)CC1. The predicted molar refractivity (Wildman–Crippen MR) is 107 cm³/mol. The Bertz CT molecular complexity index is 516. The van der Waals surface area contributed by atoms with E-state index in [1.165, 1.54) is 6.42 Å². The fourth-order valence-electron chi connectivity index (χ4n) is 2.91. The van der Waals surface area contributed by atoms with Crippen molar-refractivity contribution in [2.75, 3.05) is 18.5 Å². The summed E-state index contributed by atoms with van der Waals surface area (Å²) in [6.07, 6.45) is 6.47. The topological polar surface area (TPSA) is 38.3 Å². The molecule has 2 rings (SSSR count). The first-order valence-electron chi connectivity index (χ1n) is 8.43. The van der Waals surface area contributed by atoms with E-state index in [2.05, 4.69) is 50.8 Å². The molecule has 0 aromatic heterocycles. The molecule has 0 unspecified atom stereocenters. The summed E-state index contributed by atoms with van der Waals surface area (Å²) in [6.45, 7) is 3.91. The molecule has 23 heavy (non-hydrogen) atoms. The number of ether oxygens (including phenoxy) is 1. The number of halogens is 2. The third kappa shape index (κ3) is 6.35. The summed E-state index contributed by atoms with van der Waals surface area (Å²) in [6, 6.07) is 5.93. The molecule has 0 spiro atoms. The van der Waals surface area contributed by atoms with E-state index in [9.17, 15) is 4.79 Å². The standard InChI is InChI=1S/C18H25BrINO2/c1-2-3-10-23-12-13-4-6-14(7-5-13)18(22)21-17-9-8-15(19)11-16(17)20/h8-9,11,13-14H,2-7,10,12H2,1H3,(H,21,22). The Morgan fingerprint density at radius 3 is 2.74 bits per heavy atom. The fraction of sp³-hybridized carbons (Fsp3) is 0.611. The third-order valence-electron chi connectivity index (χ3n) is 4.40. The maximum atomic E-state index is 12.5. The van der Waals surface area contributed by atoms with E-state index in [0.29, 0.717) is 5.92 Å². The normalized spacial score (nSPS) is 21.2. The zero-order valence-electron chi connectivity index (χ0n) is 13.6. The summed E-state index contributed by atoms with van der Waals surface area (Å²) in [4.78, 5) is 12.5. The summed E-state index contributed by atoms with van der Waals surface area (Å²) in [5.41, 5.74) is 0.906. The van der Waals surface area contributed by atoms with E-state index in [-0.39, 0.29) is 11.8 Å². The van der Waals surface area contributed by atoms with E-state index in [1.807, 2.05) is 18.2 Å². The van der Waals surface area contributed by atoms with Gasteiger partial charge in [-0.1, -0.05) is 29.3 Å². The first kappa shape index (κ1) is 19.2. The molecule has 0 atom stereocenters. The van der Waals surface area contributed by atoms with Gasteiger partial charge < -0.3 is 10.1 Å². The number of nitrogens with one attached hydrogen (secondary N) is 1. The van der Waals surface area contributed by atoms with Crippen LogP contribution in [0.4, 0.5) is 5.69 Å². The van der Waals surface area contributed by atoms with Gasteiger partial charge in [-0.05, 0) is 78.8 Å². The molecule has 1 aromatic carbocycles. The summed E-state index contributed by atoms with van der Waals surface area (Å²) in [7, 11) is 0. The Morgan fingerprint density at radius 2 is 2.09 bits per heavy atom. The Labute approximate surface area is 161 Å². The first-order valence-corrected chi connectivity index (χ1v) is 10.3. The molecule has 0 bridgehead atoms. The van der Waals surface area contributed by atoms with Gasteiger partial charge in [0.2, 0.25) is 5.91 Å². The molecule has 0 radical (unpaired) electrons. The van der Waals surface area contributed by atoms with Crippen LogP contribution in [0.25, 0.3) is 0 Å². The van der Waals surface area contributed by atoms with Crippen molar-refractivity contribution >= 4 is 50.1 Å². The van der Waals surface area contributed by atoms with Gasteiger partial charge in [0.1, 0.15) is 0 Å². The van der Waals surface area contributed by atoms with Crippen molar-refractivity contribution in [2.24, 2.45) is 11.8 Å². The van der Waals surface area contributed by atoms with E-state index in [1.54, 1.807) is 0 Å². The number of anilines is 1. The second kappa shape index (κ2) is 9.99. The van der Waals surface area contributed by atoms with Crippen molar-refractivity contribution in [3.63, 3.8) is 0 Å². The van der Waals surface area contributed by atoms with E-state index in [0.717, 1.165) is 59.0 Å². The summed E-state index contributed by atoms with van der Waals surface area (Å²) in [5.74, 6) is 0.931. The molecule has 1 N–H and O–H groups in total. The van der Waals surface area contributed by atoms with Gasteiger partial charge in [-0.25, -0.2) is 0 Å². The zero-order chi connectivity index (χ0) is 16.7. The minimum absolute atomic E-state index is 0.140. The average molecular weight is 494 g/mol. The van der Waals surface area contributed by atoms with Crippen molar-refractivity contribution in [3.05, 3.63) is 26.2 Å². The number of hydrogen-bond donors (Lipinski definition) is 1. The maximum Gasteiger partial charge on any atom is 0.227 e. The summed E-state index contributed by atoms with van der Waals surface area (Å²) >= 11 is 5.70. The highest BCUT2D eigenvalue weighted by molar-refractivity contribution is 14.1. The number of hydrogen-bond acceptors (Lipinski definition) is 2. The molecule has 1 fully saturated rings. The summed E-state index contributed by atoms with van der Waals surface area (Å²) in [5, 5.41) is 3.08. The van der Waals surface area contributed by atoms with Crippen molar-refractivity contribution in [3.8, 4) is 0 Å². The Morgan fingerprint density at radius 1 is 1.35 bits per heavy atom. The first-order chi connectivity index (χ1) is 11.1. The van der Waals surface area contributed by atoms with E-state index < -0.39 is 0 Å². The molecular weight excluding hydrogens is 469 g/mol. The van der Waals surface area contributed by atoms with E-state index in [4.69, 9.17) is 4.74 Å². The number of carbonyl (C=O) groups is 1. The number of benzene rings is 1. The lowest BCUT2D eigenvalue weighted by atomic mass is 9.82. The monoisotopic (exact) mass is 493 g/mol. The van der Waals surface area contributed by atoms with Gasteiger partial charge in [-0.3, -0.25) is 4.79 Å². The third-order valence-corrected chi connectivity index (χ3v) is 5.79. The quantitative estimate of drug-likeness (QED) is 0.395. The second-order valence-electron chi connectivity index (χ2n) is 6.26. The van der Waals surface area contributed by atoms with Gasteiger partial charge in [0, 0.05) is 27.2 Å². The van der Waals surface area contributed by atoms with Crippen LogP contribution in [0.5, 0.6) is 0 Å². The molecular formula is C18H25BrINO2. The molecule has 1 aromatic rings. The summed E-state index contributed by atoms with van der Waals surface area (Å²) < 4.78 is 7.82. The largest absolute Gasteiger partial charge is 0.381 e. The molecule has 1 aliphatic carbocycles. The molecule has 0 heterocycles. The van der Waals surface area contributed by atoms with Gasteiger partial charge in [-0.2, -0.15) is 0 Å². The Kier molecular flexibility index (Phi) is 8.33. The number of carbonyl (C=O) groups excluding carboxylic acids is 1. The number of rotatable bonds is 7. The van der Waals surface area contributed by atoms with E-state index >= 15 is 0 Å². The van der Waals surface area contributed by atoms with Crippen LogP contribution in [0.3, 0.4) is 0 Å². The van der Waals surface area contributed by atoms with Crippen molar-refractivity contribution in [1.29, 1.82) is 0 Å². The fourth-order valence-corrected chi connectivity index (χ4v) is 4.35. The van der Waals surface area contributed by atoms with Crippen molar-refractivity contribution in [2.45, 2.75) is 45.4 Å². The van der Waals surface area contributed by atoms with Gasteiger partial charge >= 0.3 is 0 Å². The zero-order valence-corrected chi connectivity index (χ0v) is 17.4.